The summed E-state index contributed by atoms with van der Waals surface area (Å²) in [6.07, 6.45) is 0. The molecular weight excluding hydrogens is 294 g/mol. The van der Waals surface area contributed by atoms with Crippen LogP contribution in [0.15, 0.2) is 34.9 Å². The van der Waals surface area contributed by atoms with Crippen LogP contribution in [0, 0.1) is 13.8 Å². The molecule has 2 heterocycles. The van der Waals surface area contributed by atoms with Gasteiger partial charge in [0.25, 0.3) is 11.6 Å². The zero-order valence-electron chi connectivity index (χ0n) is 13.2. The Hall–Kier alpha value is -2.89. The van der Waals surface area contributed by atoms with E-state index >= 15 is 0 Å². The first-order chi connectivity index (χ1) is 11.1. The van der Waals surface area contributed by atoms with Crippen LogP contribution in [0.1, 0.15) is 28.7 Å². The number of carbonyl (C=O) groups excluding carboxylic acids is 1. The Kier molecular flexibility index (Phi) is 3.97. The number of nitrogens with one attached hydrogen (secondary N) is 1. The van der Waals surface area contributed by atoms with Crippen molar-refractivity contribution in [2.75, 3.05) is 11.9 Å². The number of benzene rings is 1. The van der Waals surface area contributed by atoms with Crippen LogP contribution < -0.4 is 10.1 Å². The summed E-state index contributed by atoms with van der Waals surface area (Å²) in [5.41, 5.74) is 2.80. The average Bonchev–Trinajstić information content (AvgIpc) is 2.89. The maximum absolute atomic E-state index is 12.7. The number of hydrogen-bond acceptors (Lipinski definition) is 5. The van der Waals surface area contributed by atoms with Gasteiger partial charge in [0.05, 0.1) is 28.9 Å². The molecular formula is C17H17N3O3. The van der Waals surface area contributed by atoms with Gasteiger partial charge in [0.15, 0.2) is 0 Å². The first kappa shape index (κ1) is 15.0. The fraction of sp³-hybridized carbons (Fsp3) is 0.235. The summed E-state index contributed by atoms with van der Waals surface area (Å²) in [6, 6.07) is 9.05. The van der Waals surface area contributed by atoms with Crippen LogP contribution in [0.5, 0.6) is 5.75 Å². The molecule has 0 saturated heterocycles. The molecule has 0 spiro atoms. The molecule has 1 aromatic carbocycles. The Morgan fingerprint density at radius 2 is 2.09 bits per heavy atom. The van der Waals surface area contributed by atoms with Crippen LogP contribution in [0.25, 0.3) is 11.1 Å². The number of para-hydroxylation sites is 2. The molecule has 3 aromatic rings. The van der Waals surface area contributed by atoms with Gasteiger partial charge in [-0.05, 0) is 39.0 Å². The van der Waals surface area contributed by atoms with Crippen molar-refractivity contribution in [3.8, 4) is 5.75 Å². The molecule has 0 aliphatic carbocycles. The standard InChI is InChI=1S/C17H17N3O3/c1-4-22-14-8-6-5-7-13(14)19-16(21)12-9-10(2)18-17-15(12)11(3)20-23-17/h5-9H,4H2,1-3H3,(H,19,21). The van der Waals surface area contributed by atoms with E-state index in [2.05, 4.69) is 15.5 Å². The summed E-state index contributed by atoms with van der Waals surface area (Å²) < 4.78 is 10.7. The average molecular weight is 311 g/mol. The van der Waals surface area contributed by atoms with Gasteiger partial charge in [0, 0.05) is 5.69 Å². The molecule has 0 fully saturated rings. The zero-order chi connectivity index (χ0) is 16.4. The van der Waals surface area contributed by atoms with E-state index in [1.165, 1.54) is 0 Å². The third-order valence-corrected chi connectivity index (χ3v) is 3.42. The fourth-order valence-corrected chi connectivity index (χ4v) is 2.44. The number of amides is 1. The van der Waals surface area contributed by atoms with Crippen molar-refractivity contribution in [1.29, 1.82) is 0 Å². The van der Waals surface area contributed by atoms with E-state index in [0.29, 0.717) is 46.1 Å². The number of carbonyl (C=O) groups is 1. The van der Waals surface area contributed by atoms with E-state index in [1.54, 1.807) is 19.1 Å². The van der Waals surface area contributed by atoms with Gasteiger partial charge >= 0.3 is 0 Å². The van der Waals surface area contributed by atoms with Crippen LogP contribution in [0.4, 0.5) is 5.69 Å². The van der Waals surface area contributed by atoms with Crippen molar-refractivity contribution in [3.63, 3.8) is 0 Å². The smallest absolute Gasteiger partial charge is 0.258 e. The lowest BCUT2D eigenvalue weighted by atomic mass is 10.1. The minimum atomic E-state index is -0.251. The Balaban J connectivity index is 2.00. The summed E-state index contributed by atoms with van der Waals surface area (Å²) in [7, 11) is 0. The summed E-state index contributed by atoms with van der Waals surface area (Å²) in [4.78, 5) is 17.0. The van der Waals surface area contributed by atoms with Crippen molar-refractivity contribution in [3.05, 3.63) is 47.3 Å². The molecule has 0 aliphatic heterocycles. The zero-order valence-corrected chi connectivity index (χ0v) is 13.2. The number of nitrogens with zero attached hydrogens (tertiary/aromatic N) is 2. The Morgan fingerprint density at radius 1 is 1.30 bits per heavy atom. The number of hydrogen-bond donors (Lipinski definition) is 1. The lowest BCUT2D eigenvalue weighted by Gasteiger charge is -2.11. The first-order valence-corrected chi connectivity index (χ1v) is 7.37. The number of ether oxygens (including phenoxy) is 1. The summed E-state index contributed by atoms with van der Waals surface area (Å²) >= 11 is 0. The predicted octanol–water partition coefficient (Wildman–Crippen LogP) is 3.49. The van der Waals surface area contributed by atoms with E-state index in [-0.39, 0.29) is 5.91 Å². The SMILES string of the molecule is CCOc1ccccc1NC(=O)c1cc(C)nc2onc(C)c12. The van der Waals surface area contributed by atoms with Gasteiger partial charge in [-0.1, -0.05) is 17.3 Å². The minimum absolute atomic E-state index is 0.251. The van der Waals surface area contributed by atoms with Crippen molar-refractivity contribution < 1.29 is 14.1 Å². The topological polar surface area (TPSA) is 77.2 Å². The van der Waals surface area contributed by atoms with Gasteiger partial charge in [-0.3, -0.25) is 4.79 Å². The van der Waals surface area contributed by atoms with Gasteiger partial charge in [-0.2, -0.15) is 0 Å². The number of aryl methyl sites for hydroxylation is 2. The molecule has 0 radical (unpaired) electrons. The molecule has 118 valence electrons. The van der Waals surface area contributed by atoms with E-state index in [0.717, 1.165) is 0 Å². The quantitative estimate of drug-likeness (QED) is 0.798. The molecule has 0 atom stereocenters. The summed E-state index contributed by atoms with van der Waals surface area (Å²) in [6.45, 7) is 6.01. The summed E-state index contributed by atoms with van der Waals surface area (Å²) in [5, 5.41) is 7.41. The number of rotatable bonds is 4. The number of anilines is 1. The highest BCUT2D eigenvalue weighted by Crippen LogP contribution is 2.27. The van der Waals surface area contributed by atoms with Gasteiger partial charge in [0.2, 0.25) is 0 Å². The molecule has 0 unspecified atom stereocenters. The van der Waals surface area contributed by atoms with Crippen molar-refractivity contribution in [2.45, 2.75) is 20.8 Å². The van der Waals surface area contributed by atoms with Crippen LogP contribution in [0.3, 0.4) is 0 Å². The van der Waals surface area contributed by atoms with Crippen LogP contribution in [-0.2, 0) is 0 Å². The van der Waals surface area contributed by atoms with Gasteiger partial charge < -0.3 is 14.6 Å². The highest BCUT2D eigenvalue weighted by atomic mass is 16.5. The van der Waals surface area contributed by atoms with Crippen LogP contribution in [-0.4, -0.2) is 22.7 Å². The first-order valence-electron chi connectivity index (χ1n) is 7.37. The molecule has 6 heteroatoms. The molecule has 1 amide bonds. The molecule has 0 bridgehead atoms. The van der Waals surface area contributed by atoms with E-state index in [1.807, 2.05) is 32.0 Å². The van der Waals surface area contributed by atoms with Crippen LogP contribution in [0.2, 0.25) is 0 Å². The summed E-state index contributed by atoms with van der Waals surface area (Å²) in [5.74, 6) is 0.381. The fourth-order valence-electron chi connectivity index (χ4n) is 2.44. The van der Waals surface area contributed by atoms with Gasteiger partial charge in [-0.25, -0.2) is 4.98 Å². The van der Waals surface area contributed by atoms with E-state index in [4.69, 9.17) is 9.26 Å². The second-order valence-corrected chi connectivity index (χ2v) is 5.14. The minimum Gasteiger partial charge on any atom is -0.492 e. The number of pyridine rings is 1. The monoisotopic (exact) mass is 311 g/mol. The second kappa shape index (κ2) is 6.08. The largest absolute Gasteiger partial charge is 0.492 e. The number of fused-ring (bicyclic) bond motifs is 1. The molecule has 6 nitrogen and oxygen atoms in total. The Bertz CT molecular complexity index is 871. The molecule has 3 rings (SSSR count). The Morgan fingerprint density at radius 3 is 2.87 bits per heavy atom. The van der Waals surface area contributed by atoms with Crippen LogP contribution >= 0.6 is 0 Å². The Labute approximate surface area is 133 Å². The van der Waals surface area contributed by atoms with Gasteiger partial charge in [0.1, 0.15) is 5.75 Å². The lowest BCUT2D eigenvalue weighted by molar-refractivity contribution is 0.102. The maximum atomic E-state index is 12.7. The number of aromatic nitrogens is 2. The molecule has 1 N–H and O–H groups in total. The van der Waals surface area contributed by atoms with Crippen molar-refractivity contribution >= 4 is 22.7 Å². The molecule has 0 saturated carbocycles. The lowest BCUT2D eigenvalue weighted by Crippen LogP contribution is -2.14. The molecule has 0 aliphatic rings. The van der Waals surface area contributed by atoms with E-state index in [9.17, 15) is 4.79 Å². The predicted molar refractivity (Wildman–Crippen MR) is 86.8 cm³/mol. The van der Waals surface area contributed by atoms with Gasteiger partial charge in [-0.15, -0.1) is 0 Å². The third-order valence-electron chi connectivity index (χ3n) is 3.42. The maximum Gasteiger partial charge on any atom is 0.258 e. The van der Waals surface area contributed by atoms with E-state index < -0.39 is 0 Å². The van der Waals surface area contributed by atoms with Crippen molar-refractivity contribution in [1.82, 2.24) is 10.1 Å². The molecule has 2 aromatic heterocycles. The highest BCUT2D eigenvalue weighted by Gasteiger charge is 2.18. The molecule has 23 heavy (non-hydrogen) atoms. The third kappa shape index (κ3) is 2.88. The highest BCUT2D eigenvalue weighted by molar-refractivity contribution is 6.12. The second-order valence-electron chi connectivity index (χ2n) is 5.14. The normalized spacial score (nSPS) is 10.7. The van der Waals surface area contributed by atoms with Crippen molar-refractivity contribution in [2.24, 2.45) is 0 Å².